The van der Waals surface area contributed by atoms with E-state index in [0.29, 0.717) is 17.1 Å². The number of carbonyl (C=O) groups is 3. The van der Waals surface area contributed by atoms with E-state index in [1.165, 1.54) is 30.6 Å². The van der Waals surface area contributed by atoms with Gasteiger partial charge in [0.1, 0.15) is 11.3 Å². The molecule has 0 aliphatic carbocycles. The Hall–Kier alpha value is -4.20. The lowest BCUT2D eigenvalue weighted by molar-refractivity contribution is -0.122. The fourth-order valence-electron chi connectivity index (χ4n) is 3.02. The summed E-state index contributed by atoms with van der Waals surface area (Å²) in [5, 5.41) is 2.21. The molecule has 1 fully saturated rings. The molecule has 2 aromatic heterocycles. The minimum Gasteiger partial charge on any atom is -0.497 e. The lowest BCUT2D eigenvalue weighted by atomic mass is 10.1. The molecule has 0 saturated carbocycles. The number of urea groups is 1. The molecule has 0 spiro atoms. The molecule has 1 aromatic carbocycles. The molecule has 1 aliphatic rings. The third-order valence-corrected chi connectivity index (χ3v) is 4.45. The number of anilines is 1. The predicted octanol–water partition coefficient (Wildman–Crippen LogP) is 2.55. The molecule has 0 atom stereocenters. The molecule has 8 nitrogen and oxygen atoms in total. The van der Waals surface area contributed by atoms with Gasteiger partial charge in [-0.2, -0.15) is 0 Å². The van der Waals surface area contributed by atoms with E-state index in [-0.39, 0.29) is 5.57 Å². The molecule has 29 heavy (non-hydrogen) atoms. The van der Waals surface area contributed by atoms with Crippen molar-refractivity contribution in [1.29, 1.82) is 0 Å². The van der Waals surface area contributed by atoms with E-state index in [1.54, 1.807) is 19.2 Å². The van der Waals surface area contributed by atoms with Crippen LogP contribution in [0.2, 0.25) is 0 Å². The van der Waals surface area contributed by atoms with Crippen LogP contribution >= 0.6 is 0 Å². The van der Waals surface area contributed by atoms with Crippen molar-refractivity contribution >= 4 is 29.6 Å². The summed E-state index contributed by atoms with van der Waals surface area (Å²) in [5.74, 6) is -0.727. The molecule has 1 saturated heterocycles. The number of rotatable bonds is 4. The average molecular weight is 388 g/mol. The Bertz CT molecular complexity index is 1120. The number of barbiturate groups is 1. The first-order valence-corrected chi connectivity index (χ1v) is 8.72. The standard InChI is InChI=1S/C21H16N4O4/c1-29-17-6-4-14(5-7-17)24-12-2-3-16(24)13-18-19(26)23-21(28)25(20(18)27)15-8-10-22-11-9-15/h2-13H,1H3,(H,23,26,28)/b18-13+. The Morgan fingerprint density at radius 3 is 2.38 bits per heavy atom. The van der Waals surface area contributed by atoms with Gasteiger partial charge in [0.25, 0.3) is 11.8 Å². The smallest absolute Gasteiger partial charge is 0.335 e. The lowest BCUT2D eigenvalue weighted by Gasteiger charge is -2.26. The molecule has 8 heteroatoms. The third-order valence-electron chi connectivity index (χ3n) is 4.45. The van der Waals surface area contributed by atoms with Crippen molar-refractivity contribution in [2.75, 3.05) is 12.0 Å². The number of imide groups is 2. The summed E-state index contributed by atoms with van der Waals surface area (Å²) in [6.45, 7) is 0. The molecule has 0 radical (unpaired) electrons. The number of methoxy groups -OCH3 is 1. The van der Waals surface area contributed by atoms with E-state index in [9.17, 15) is 14.4 Å². The van der Waals surface area contributed by atoms with Crippen molar-refractivity contribution in [2.24, 2.45) is 0 Å². The van der Waals surface area contributed by atoms with Crippen LogP contribution in [0.25, 0.3) is 11.8 Å². The van der Waals surface area contributed by atoms with Gasteiger partial charge in [-0.15, -0.1) is 0 Å². The summed E-state index contributed by atoms with van der Waals surface area (Å²) >= 11 is 0. The first-order chi connectivity index (χ1) is 14.1. The molecular formula is C21H16N4O4. The van der Waals surface area contributed by atoms with E-state index >= 15 is 0 Å². The minimum absolute atomic E-state index is 0.144. The Morgan fingerprint density at radius 1 is 0.966 bits per heavy atom. The Labute approximate surface area is 166 Å². The molecule has 1 aliphatic heterocycles. The number of ether oxygens (including phenoxy) is 1. The number of pyridine rings is 1. The van der Waals surface area contributed by atoms with Crippen molar-refractivity contribution in [3.8, 4) is 11.4 Å². The van der Waals surface area contributed by atoms with Crippen LogP contribution in [0.1, 0.15) is 5.69 Å². The summed E-state index contributed by atoms with van der Waals surface area (Å²) in [5.41, 5.74) is 1.62. The largest absolute Gasteiger partial charge is 0.497 e. The highest BCUT2D eigenvalue weighted by Gasteiger charge is 2.36. The highest BCUT2D eigenvalue weighted by Crippen LogP contribution is 2.23. The highest BCUT2D eigenvalue weighted by atomic mass is 16.5. The Morgan fingerprint density at radius 2 is 1.69 bits per heavy atom. The normalized spacial score (nSPS) is 15.6. The molecule has 144 valence electrons. The maximum atomic E-state index is 12.9. The molecule has 0 bridgehead atoms. The number of nitrogens with zero attached hydrogens (tertiary/aromatic N) is 3. The third kappa shape index (κ3) is 3.39. The van der Waals surface area contributed by atoms with Gasteiger partial charge in [0.2, 0.25) is 0 Å². The van der Waals surface area contributed by atoms with Gasteiger partial charge < -0.3 is 9.30 Å². The number of amides is 4. The van der Waals surface area contributed by atoms with Crippen LogP contribution in [0.4, 0.5) is 10.5 Å². The van der Waals surface area contributed by atoms with Crippen LogP contribution in [0.3, 0.4) is 0 Å². The minimum atomic E-state index is -0.797. The van der Waals surface area contributed by atoms with Crippen LogP contribution in [-0.2, 0) is 9.59 Å². The molecule has 0 unspecified atom stereocenters. The van der Waals surface area contributed by atoms with E-state index in [2.05, 4.69) is 10.3 Å². The molecule has 1 N–H and O–H groups in total. The van der Waals surface area contributed by atoms with Crippen molar-refractivity contribution in [2.45, 2.75) is 0 Å². The number of nitrogens with one attached hydrogen (secondary N) is 1. The van der Waals surface area contributed by atoms with E-state index in [4.69, 9.17) is 4.74 Å². The SMILES string of the molecule is COc1ccc(-n2cccc2/C=C2\C(=O)NC(=O)N(c3ccncc3)C2=O)cc1. The Kier molecular flexibility index (Phi) is 4.66. The fraction of sp³-hybridized carbons (Fsp3) is 0.0476. The molecule has 3 heterocycles. The zero-order valence-corrected chi connectivity index (χ0v) is 15.4. The van der Waals surface area contributed by atoms with Gasteiger partial charge in [-0.05, 0) is 54.6 Å². The quantitative estimate of drug-likeness (QED) is 0.548. The molecular weight excluding hydrogens is 372 g/mol. The van der Waals surface area contributed by atoms with Gasteiger partial charge in [0.15, 0.2) is 0 Å². The van der Waals surface area contributed by atoms with Gasteiger partial charge in [-0.25, -0.2) is 9.69 Å². The molecule has 4 amide bonds. The van der Waals surface area contributed by atoms with E-state index < -0.39 is 17.8 Å². The summed E-state index contributed by atoms with van der Waals surface area (Å²) in [6.07, 6.45) is 6.20. The number of aromatic nitrogens is 2. The lowest BCUT2D eigenvalue weighted by Crippen LogP contribution is -2.54. The van der Waals surface area contributed by atoms with Crippen LogP contribution in [-0.4, -0.2) is 34.5 Å². The van der Waals surface area contributed by atoms with Gasteiger partial charge in [-0.3, -0.25) is 19.9 Å². The second-order valence-corrected chi connectivity index (χ2v) is 6.16. The number of hydrogen-bond acceptors (Lipinski definition) is 5. The fourth-order valence-corrected chi connectivity index (χ4v) is 3.02. The van der Waals surface area contributed by atoms with Gasteiger partial charge >= 0.3 is 6.03 Å². The maximum absolute atomic E-state index is 12.9. The zero-order chi connectivity index (χ0) is 20.4. The summed E-state index contributed by atoms with van der Waals surface area (Å²) in [6, 6.07) is 13.2. The first kappa shape index (κ1) is 18.2. The van der Waals surface area contributed by atoms with Crippen LogP contribution in [0, 0.1) is 0 Å². The van der Waals surface area contributed by atoms with E-state index in [1.807, 2.05) is 35.0 Å². The highest BCUT2D eigenvalue weighted by molar-refractivity contribution is 6.39. The monoisotopic (exact) mass is 388 g/mol. The summed E-state index contributed by atoms with van der Waals surface area (Å²) in [4.78, 5) is 42.3. The second-order valence-electron chi connectivity index (χ2n) is 6.16. The van der Waals surface area contributed by atoms with Crippen LogP contribution in [0.5, 0.6) is 5.75 Å². The van der Waals surface area contributed by atoms with Crippen molar-refractivity contribution in [3.05, 3.63) is 78.4 Å². The summed E-state index contributed by atoms with van der Waals surface area (Å²) in [7, 11) is 1.59. The maximum Gasteiger partial charge on any atom is 0.335 e. The van der Waals surface area contributed by atoms with Gasteiger partial charge in [0, 0.05) is 30.0 Å². The van der Waals surface area contributed by atoms with Gasteiger partial charge in [0.05, 0.1) is 12.8 Å². The van der Waals surface area contributed by atoms with E-state index in [0.717, 1.165) is 10.6 Å². The van der Waals surface area contributed by atoms with Crippen LogP contribution < -0.4 is 15.0 Å². The Balaban J connectivity index is 1.72. The topological polar surface area (TPSA) is 93.5 Å². The second kappa shape index (κ2) is 7.43. The van der Waals surface area contributed by atoms with Crippen molar-refractivity contribution in [1.82, 2.24) is 14.9 Å². The van der Waals surface area contributed by atoms with Gasteiger partial charge in [-0.1, -0.05) is 0 Å². The van der Waals surface area contributed by atoms with Crippen LogP contribution in [0.15, 0.2) is 72.7 Å². The summed E-state index contributed by atoms with van der Waals surface area (Å²) < 4.78 is 6.99. The number of hydrogen-bond donors (Lipinski definition) is 1. The first-order valence-electron chi connectivity index (χ1n) is 8.72. The molecule has 4 rings (SSSR count). The number of carbonyl (C=O) groups excluding carboxylic acids is 3. The van der Waals surface area contributed by atoms with Crippen molar-refractivity contribution in [3.63, 3.8) is 0 Å². The zero-order valence-electron chi connectivity index (χ0n) is 15.4. The predicted molar refractivity (Wildman–Crippen MR) is 106 cm³/mol. The van der Waals surface area contributed by atoms with Crippen molar-refractivity contribution < 1.29 is 19.1 Å². The average Bonchev–Trinajstić information content (AvgIpc) is 3.20. The molecule has 3 aromatic rings. The number of benzene rings is 1.